The number of carbonyl (C=O) groups is 3. The van der Waals surface area contributed by atoms with Gasteiger partial charge in [0, 0.05) is 17.7 Å². The van der Waals surface area contributed by atoms with E-state index in [1.807, 2.05) is 0 Å². The number of rotatable bonds is 3. The molecule has 1 atom stereocenters. The topological polar surface area (TPSA) is 74.7 Å². The van der Waals surface area contributed by atoms with Gasteiger partial charge in [0.05, 0.1) is 5.92 Å². The zero-order valence-corrected chi connectivity index (χ0v) is 9.73. The maximum atomic E-state index is 12.0. The van der Waals surface area contributed by atoms with Gasteiger partial charge in [-0.25, -0.2) is 0 Å². The van der Waals surface area contributed by atoms with Crippen LogP contribution in [0.15, 0.2) is 11.1 Å². The number of amides is 2. The molecule has 5 heteroatoms. The molecule has 0 aromatic heterocycles. The highest BCUT2D eigenvalue weighted by molar-refractivity contribution is 6.19. The van der Waals surface area contributed by atoms with Crippen molar-refractivity contribution in [1.82, 2.24) is 4.90 Å². The van der Waals surface area contributed by atoms with Gasteiger partial charge in [0.15, 0.2) is 0 Å². The lowest BCUT2D eigenvalue weighted by atomic mass is 9.93. The summed E-state index contributed by atoms with van der Waals surface area (Å²) in [6.45, 7) is 1.47. The summed E-state index contributed by atoms with van der Waals surface area (Å²) in [6, 6.07) is 0. The summed E-state index contributed by atoms with van der Waals surface area (Å²) < 4.78 is 0. The minimum absolute atomic E-state index is 0.0278. The van der Waals surface area contributed by atoms with Crippen molar-refractivity contribution in [3.8, 4) is 0 Å². The van der Waals surface area contributed by atoms with Crippen molar-refractivity contribution in [2.75, 3.05) is 6.54 Å². The highest BCUT2D eigenvalue weighted by Gasteiger charge is 2.39. The Bertz CT molecular complexity index is 396. The number of nitrogens with zero attached hydrogens (tertiary/aromatic N) is 1. The normalized spacial score (nSPS) is 21.8. The molecule has 2 aliphatic rings. The van der Waals surface area contributed by atoms with E-state index in [1.54, 1.807) is 0 Å². The van der Waals surface area contributed by atoms with Crippen LogP contribution in [-0.2, 0) is 14.4 Å². The molecule has 1 aliphatic heterocycles. The fraction of sp³-hybridized carbons (Fsp3) is 0.583. The van der Waals surface area contributed by atoms with Crippen LogP contribution < -0.4 is 0 Å². The predicted octanol–water partition coefficient (Wildman–Crippen LogP) is 0.946. The van der Waals surface area contributed by atoms with E-state index in [9.17, 15) is 14.4 Å². The van der Waals surface area contributed by atoms with Crippen molar-refractivity contribution in [1.29, 1.82) is 0 Å². The molecule has 0 saturated carbocycles. The van der Waals surface area contributed by atoms with Crippen LogP contribution in [0, 0.1) is 5.92 Å². The Kier molecular flexibility index (Phi) is 3.00. The molecule has 1 heterocycles. The average Bonchev–Trinajstić information content (AvgIpc) is 2.55. The van der Waals surface area contributed by atoms with Gasteiger partial charge in [-0.05, 0) is 25.7 Å². The van der Waals surface area contributed by atoms with E-state index in [0.29, 0.717) is 24.0 Å². The molecule has 17 heavy (non-hydrogen) atoms. The molecule has 2 amide bonds. The van der Waals surface area contributed by atoms with E-state index < -0.39 is 11.9 Å². The van der Waals surface area contributed by atoms with Crippen LogP contribution in [0.1, 0.15) is 32.6 Å². The second-order valence-electron chi connectivity index (χ2n) is 4.62. The summed E-state index contributed by atoms with van der Waals surface area (Å²) >= 11 is 0. The van der Waals surface area contributed by atoms with Gasteiger partial charge in [-0.15, -0.1) is 0 Å². The fourth-order valence-electron chi connectivity index (χ4n) is 2.31. The fourth-order valence-corrected chi connectivity index (χ4v) is 2.31. The molecular weight excluding hydrogens is 222 g/mol. The number of carbonyl (C=O) groups excluding carboxylic acids is 2. The Labute approximate surface area is 99.1 Å². The van der Waals surface area contributed by atoms with E-state index in [0.717, 1.165) is 17.7 Å². The average molecular weight is 237 g/mol. The van der Waals surface area contributed by atoms with Crippen LogP contribution in [0.5, 0.6) is 0 Å². The first-order valence-corrected chi connectivity index (χ1v) is 5.83. The maximum absolute atomic E-state index is 12.0. The molecule has 0 spiro atoms. The summed E-state index contributed by atoms with van der Waals surface area (Å²) in [7, 11) is 0. The van der Waals surface area contributed by atoms with Gasteiger partial charge in [0.25, 0.3) is 11.8 Å². The Morgan fingerprint density at radius 3 is 2.12 bits per heavy atom. The Morgan fingerprint density at radius 1 is 1.24 bits per heavy atom. The largest absolute Gasteiger partial charge is 0.481 e. The van der Waals surface area contributed by atoms with Crippen LogP contribution in [0.4, 0.5) is 0 Å². The van der Waals surface area contributed by atoms with E-state index in [1.165, 1.54) is 6.92 Å². The smallest absolute Gasteiger partial charge is 0.308 e. The first-order chi connectivity index (χ1) is 8.02. The Balaban J connectivity index is 2.16. The van der Waals surface area contributed by atoms with Gasteiger partial charge in [0.2, 0.25) is 0 Å². The summed E-state index contributed by atoms with van der Waals surface area (Å²) in [5, 5.41) is 8.81. The van der Waals surface area contributed by atoms with Crippen molar-refractivity contribution >= 4 is 17.8 Å². The van der Waals surface area contributed by atoms with Crippen LogP contribution in [0.25, 0.3) is 0 Å². The highest BCUT2D eigenvalue weighted by Crippen LogP contribution is 2.33. The van der Waals surface area contributed by atoms with Crippen molar-refractivity contribution in [2.45, 2.75) is 32.6 Å². The molecule has 5 nitrogen and oxygen atoms in total. The van der Waals surface area contributed by atoms with Gasteiger partial charge < -0.3 is 5.11 Å². The SMILES string of the molecule is CC(CN1C(=O)C2=C(CCCC2)C1=O)C(=O)O. The molecule has 0 aromatic rings. The molecule has 0 fully saturated rings. The van der Waals surface area contributed by atoms with Crippen molar-refractivity contribution in [2.24, 2.45) is 5.92 Å². The predicted molar refractivity (Wildman–Crippen MR) is 59.0 cm³/mol. The molecule has 0 saturated heterocycles. The van der Waals surface area contributed by atoms with Gasteiger partial charge in [-0.1, -0.05) is 6.92 Å². The van der Waals surface area contributed by atoms with Crippen molar-refractivity contribution in [3.63, 3.8) is 0 Å². The van der Waals surface area contributed by atoms with Crippen LogP contribution in [0.2, 0.25) is 0 Å². The first-order valence-electron chi connectivity index (χ1n) is 5.83. The number of carboxylic acids is 1. The lowest BCUT2D eigenvalue weighted by molar-refractivity contribution is -0.144. The monoisotopic (exact) mass is 237 g/mol. The number of imide groups is 1. The van der Waals surface area contributed by atoms with Crippen LogP contribution in [-0.4, -0.2) is 34.3 Å². The summed E-state index contributed by atoms with van der Waals surface area (Å²) in [6.07, 6.45) is 3.16. The van der Waals surface area contributed by atoms with Gasteiger partial charge in [-0.2, -0.15) is 0 Å². The zero-order valence-electron chi connectivity index (χ0n) is 9.73. The van der Waals surface area contributed by atoms with E-state index in [2.05, 4.69) is 0 Å². The van der Waals surface area contributed by atoms with E-state index in [-0.39, 0.29) is 18.4 Å². The van der Waals surface area contributed by atoms with Gasteiger partial charge in [0.1, 0.15) is 0 Å². The van der Waals surface area contributed by atoms with E-state index in [4.69, 9.17) is 5.11 Å². The Morgan fingerprint density at radius 2 is 1.71 bits per heavy atom. The lowest BCUT2D eigenvalue weighted by Crippen LogP contribution is -2.37. The highest BCUT2D eigenvalue weighted by atomic mass is 16.4. The van der Waals surface area contributed by atoms with E-state index >= 15 is 0 Å². The third-order valence-electron chi connectivity index (χ3n) is 3.35. The summed E-state index contributed by atoms with van der Waals surface area (Å²) in [5.41, 5.74) is 1.22. The zero-order chi connectivity index (χ0) is 12.6. The van der Waals surface area contributed by atoms with Gasteiger partial charge >= 0.3 is 5.97 Å². The standard InChI is InChI=1S/C12H15NO4/c1-7(12(16)17)6-13-10(14)8-4-2-3-5-9(8)11(13)15/h7H,2-6H2,1H3,(H,16,17). The van der Waals surface area contributed by atoms with Crippen LogP contribution >= 0.6 is 0 Å². The minimum atomic E-state index is -0.990. The number of carboxylic acid groups (broad SMARTS) is 1. The molecule has 1 aliphatic carbocycles. The summed E-state index contributed by atoms with van der Waals surface area (Å²) in [4.78, 5) is 35.8. The molecule has 1 unspecified atom stereocenters. The second kappa shape index (κ2) is 4.31. The molecule has 92 valence electrons. The maximum Gasteiger partial charge on any atom is 0.308 e. The Hall–Kier alpha value is -1.65. The van der Waals surface area contributed by atoms with Crippen molar-refractivity contribution in [3.05, 3.63) is 11.1 Å². The first kappa shape index (κ1) is 11.8. The molecule has 2 rings (SSSR count). The molecule has 0 aromatic carbocycles. The molecule has 0 bridgehead atoms. The number of aliphatic carboxylic acids is 1. The number of hydrogen-bond acceptors (Lipinski definition) is 3. The second-order valence-corrected chi connectivity index (χ2v) is 4.62. The van der Waals surface area contributed by atoms with Crippen LogP contribution in [0.3, 0.4) is 0 Å². The quantitative estimate of drug-likeness (QED) is 0.741. The summed E-state index contributed by atoms with van der Waals surface area (Å²) in [5.74, 6) is -2.27. The third-order valence-corrected chi connectivity index (χ3v) is 3.35. The third kappa shape index (κ3) is 1.97. The number of hydrogen-bond donors (Lipinski definition) is 1. The molecule has 1 N–H and O–H groups in total. The van der Waals surface area contributed by atoms with Crippen molar-refractivity contribution < 1.29 is 19.5 Å². The molecular formula is C12H15NO4. The molecule has 0 radical (unpaired) electrons. The van der Waals surface area contributed by atoms with Gasteiger partial charge in [-0.3, -0.25) is 19.3 Å². The lowest BCUT2D eigenvalue weighted by Gasteiger charge is -2.17. The minimum Gasteiger partial charge on any atom is -0.481 e.